The molecule has 118 valence electrons. The molecule has 5 nitrogen and oxygen atoms in total. The minimum Gasteiger partial charge on any atom is -0.481 e. The van der Waals surface area contributed by atoms with Gasteiger partial charge < -0.3 is 15.7 Å². The van der Waals surface area contributed by atoms with E-state index in [9.17, 15) is 9.59 Å². The monoisotopic (exact) mass is 286 g/mol. The first kappa shape index (κ1) is 18.7. The number of urea groups is 1. The van der Waals surface area contributed by atoms with Crippen LogP contribution in [-0.2, 0) is 4.79 Å². The predicted molar refractivity (Wildman–Crippen MR) is 80.7 cm³/mol. The lowest BCUT2D eigenvalue weighted by atomic mass is 9.97. The van der Waals surface area contributed by atoms with Crippen molar-refractivity contribution in [3.05, 3.63) is 0 Å². The maximum atomic E-state index is 11.6. The fourth-order valence-corrected chi connectivity index (χ4v) is 1.82. The Kier molecular flexibility index (Phi) is 9.86. The van der Waals surface area contributed by atoms with Crippen LogP contribution in [0.3, 0.4) is 0 Å². The van der Waals surface area contributed by atoms with Crippen molar-refractivity contribution in [2.45, 2.75) is 53.4 Å². The summed E-state index contributed by atoms with van der Waals surface area (Å²) in [4.78, 5) is 22.1. The van der Waals surface area contributed by atoms with Crippen molar-refractivity contribution in [3.8, 4) is 0 Å². The Morgan fingerprint density at radius 3 is 2.25 bits per heavy atom. The Bertz CT molecular complexity index is 293. The summed E-state index contributed by atoms with van der Waals surface area (Å²) in [5, 5.41) is 14.4. The fraction of sp³-hybridized carbons (Fsp3) is 0.867. The molecule has 0 fully saturated rings. The van der Waals surface area contributed by atoms with Crippen LogP contribution in [0.15, 0.2) is 0 Å². The van der Waals surface area contributed by atoms with Gasteiger partial charge in [-0.3, -0.25) is 4.79 Å². The zero-order valence-electron chi connectivity index (χ0n) is 13.2. The van der Waals surface area contributed by atoms with Gasteiger partial charge >= 0.3 is 12.0 Å². The lowest BCUT2D eigenvalue weighted by Crippen LogP contribution is -2.39. The second-order valence-electron chi connectivity index (χ2n) is 5.85. The number of carbonyl (C=O) groups excluding carboxylic acids is 1. The minimum absolute atomic E-state index is 0.134. The van der Waals surface area contributed by atoms with Crippen molar-refractivity contribution in [1.29, 1.82) is 0 Å². The predicted octanol–water partition coefficient (Wildman–Crippen LogP) is 2.86. The molecule has 0 rings (SSSR count). The van der Waals surface area contributed by atoms with Crippen LogP contribution in [0.5, 0.6) is 0 Å². The van der Waals surface area contributed by atoms with Crippen molar-refractivity contribution < 1.29 is 14.7 Å². The van der Waals surface area contributed by atoms with Crippen molar-refractivity contribution in [3.63, 3.8) is 0 Å². The molecule has 0 aliphatic rings. The summed E-state index contributed by atoms with van der Waals surface area (Å²) in [6, 6.07) is -0.134. The average Bonchev–Trinajstić information content (AvgIpc) is 2.39. The standard InChI is InChI=1S/C15H30N2O3/c1-5-13(6-7-14(18)19)8-9-16-15(20)17-10-12(4)11(2)3/h11-13H,5-10H2,1-4H3,(H,18,19)(H2,16,17,20). The zero-order valence-corrected chi connectivity index (χ0v) is 13.2. The number of rotatable bonds is 10. The zero-order chi connectivity index (χ0) is 15.5. The normalized spacial score (nSPS) is 13.8. The van der Waals surface area contributed by atoms with E-state index < -0.39 is 5.97 Å². The molecule has 0 bridgehead atoms. The molecule has 0 aromatic carbocycles. The molecule has 0 heterocycles. The first-order valence-electron chi connectivity index (χ1n) is 7.60. The van der Waals surface area contributed by atoms with Crippen LogP contribution >= 0.6 is 0 Å². The molecule has 0 saturated carbocycles. The van der Waals surface area contributed by atoms with Crippen molar-refractivity contribution >= 4 is 12.0 Å². The van der Waals surface area contributed by atoms with Crippen LogP contribution in [-0.4, -0.2) is 30.2 Å². The van der Waals surface area contributed by atoms with E-state index in [2.05, 4.69) is 38.3 Å². The van der Waals surface area contributed by atoms with Crippen LogP contribution < -0.4 is 10.6 Å². The number of carboxylic acid groups (broad SMARTS) is 1. The number of carbonyl (C=O) groups is 2. The van der Waals surface area contributed by atoms with Crippen molar-refractivity contribution in [1.82, 2.24) is 10.6 Å². The van der Waals surface area contributed by atoms with Crippen molar-refractivity contribution in [2.24, 2.45) is 17.8 Å². The van der Waals surface area contributed by atoms with Gasteiger partial charge in [0.05, 0.1) is 0 Å². The van der Waals surface area contributed by atoms with Gasteiger partial charge in [0.2, 0.25) is 0 Å². The van der Waals surface area contributed by atoms with Gasteiger partial charge in [-0.25, -0.2) is 4.79 Å². The number of amides is 2. The quantitative estimate of drug-likeness (QED) is 0.578. The molecule has 0 aliphatic heterocycles. The molecule has 0 saturated heterocycles. The van der Waals surface area contributed by atoms with E-state index in [1.54, 1.807) is 0 Å². The lowest BCUT2D eigenvalue weighted by molar-refractivity contribution is -0.137. The lowest BCUT2D eigenvalue weighted by Gasteiger charge is -2.17. The highest BCUT2D eigenvalue weighted by Crippen LogP contribution is 2.14. The van der Waals surface area contributed by atoms with E-state index in [-0.39, 0.29) is 12.5 Å². The molecule has 0 aliphatic carbocycles. The van der Waals surface area contributed by atoms with E-state index in [1.165, 1.54) is 0 Å². The molecule has 2 amide bonds. The maximum Gasteiger partial charge on any atom is 0.314 e. The molecule has 3 N–H and O–H groups in total. The molecule has 0 radical (unpaired) electrons. The summed E-state index contributed by atoms with van der Waals surface area (Å²) in [7, 11) is 0. The van der Waals surface area contributed by atoms with Gasteiger partial charge in [-0.1, -0.05) is 34.1 Å². The van der Waals surface area contributed by atoms with Crippen LogP contribution in [0.1, 0.15) is 53.4 Å². The van der Waals surface area contributed by atoms with Gasteiger partial charge in [-0.05, 0) is 30.6 Å². The number of carboxylic acids is 1. The summed E-state index contributed by atoms with van der Waals surface area (Å²) >= 11 is 0. The average molecular weight is 286 g/mol. The summed E-state index contributed by atoms with van der Waals surface area (Å²) in [6.45, 7) is 9.72. The van der Waals surface area contributed by atoms with Gasteiger partial charge in [0, 0.05) is 19.5 Å². The molecular weight excluding hydrogens is 256 g/mol. The van der Waals surface area contributed by atoms with E-state index in [4.69, 9.17) is 5.11 Å². The highest BCUT2D eigenvalue weighted by Gasteiger charge is 2.11. The van der Waals surface area contributed by atoms with Crippen LogP contribution in [0, 0.1) is 17.8 Å². The molecule has 0 spiro atoms. The summed E-state index contributed by atoms with van der Waals surface area (Å²) < 4.78 is 0. The van der Waals surface area contributed by atoms with Gasteiger partial charge in [0.25, 0.3) is 0 Å². The van der Waals surface area contributed by atoms with E-state index in [0.29, 0.717) is 37.3 Å². The number of hydrogen-bond donors (Lipinski definition) is 3. The Morgan fingerprint density at radius 2 is 1.75 bits per heavy atom. The van der Waals surface area contributed by atoms with Gasteiger partial charge in [-0.15, -0.1) is 0 Å². The smallest absolute Gasteiger partial charge is 0.314 e. The molecular formula is C15H30N2O3. The fourth-order valence-electron chi connectivity index (χ4n) is 1.82. The highest BCUT2D eigenvalue weighted by molar-refractivity contribution is 5.73. The van der Waals surface area contributed by atoms with Crippen LogP contribution in [0.4, 0.5) is 4.79 Å². The summed E-state index contributed by atoms with van der Waals surface area (Å²) in [5.74, 6) is 0.619. The maximum absolute atomic E-state index is 11.6. The third-order valence-electron chi connectivity index (χ3n) is 3.90. The number of hydrogen-bond acceptors (Lipinski definition) is 2. The molecule has 20 heavy (non-hydrogen) atoms. The molecule has 5 heteroatoms. The first-order chi connectivity index (χ1) is 9.36. The van der Waals surface area contributed by atoms with Gasteiger partial charge in [0.1, 0.15) is 0 Å². The highest BCUT2D eigenvalue weighted by atomic mass is 16.4. The largest absolute Gasteiger partial charge is 0.481 e. The van der Waals surface area contributed by atoms with E-state index in [1.807, 2.05) is 0 Å². The first-order valence-corrected chi connectivity index (χ1v) is 7.60. The molecule has 0 aromatic heterocycles. The second kappa shape index (κ2) is 10.5. The number of nitrogens with one attached hydrogen (secondary N) is 2. The third kappa shape index (κ3) is 9.64. The Balaban J connectivity index is 3.75. The van der Waals surface area contributed by atoms with E-state index >= 15 is 0 Å². The SMILES string of the molecule is CCC(CCNC(=O)NCC(C)C(C)C)CCC(=O)O. The summed E-state index contributed by atoms with van der Waals surface area (Å²) in [6.07, 6.45) is 2.66. The second-order valence-corrected chi connectivity index (χ2v) is 5.85. The number of aliphatic carboxylic acids is 1. The van der Waals surface area contributed by atoms with Crippen LogP contribution in [0.25, 0.3) is 0 Å². The van der Waals surface area contributed by atoms with Gasteiger partial charge in [0.15, 0.2) is 0 Å². The molecule has 0 aromatic rings. The Morgan fingerprint density at radius 1 is 1.10 bits per heavy atom. The third-order valence-corrected chi connectivity index (χ3v) is 3.90. The Hall–Kier alpha value is -1.26. The topological polar surface area (TPSA) is 78.4 Å². The molecule has 2 atom stereocenters. The molecule has 2 unspecified atom stereocenters. The Labute approximate surface area is 122 Å². The summed E-state index contributed by atoms with van der Waals surface area (Å²) in [5.41, 5.74) is 0. The van der Waals surface area contributed by atoms with Crippen LogP contribution in [0.2, 0.25) is 0 Å². The van der Waals surface area contributed by atoms with E-state index in [0.717, 1.165) is 12.8 Å². The minimum atomic E-state index is -0.753. The van der Waals surface area contributed by atoms with Gasteiger partial charge in [-0.2, -0.15) is 0 Å². The van der Waals surface area contributed by atoms with Crippen molar-refractivity contribution in [2.75, 3.05) is 13.1 Å².